The molecule has 2 fully saturated rings. The van der Waals surface area contributed by atoms with Gasteiger partial charge in [0.05, 0.1) is 34.7 Å². The number of imide groups is 1. The first-order chi connectivity index (χ1) is 16.4. The van der Waals surface area contributed by atoms with Crippen LogP contribution in [0.5, 0.6) is 5.75 Å². The third-order valence-corrected chi connectivity index (χ3v) is 10.9. The van der Waals surface area contributed by atoms with E-state index in [4.69, 9.17) is 74.3 Å². The minimum Gasteiger partial charge on any atom is -0.497 e. The van der Waals surface area contributed by atoms with Crippen LogP contribution in [0.1, 0.15) is 10.4 Å². The van der Waals surface area contributed by atoms with Gasteiger partial charge in [-0.15, -0.1) is 23.2 Å². The quantitative estimate of drug-likeness (QED) is 0.353. The van der Waals surface area contributed by atoms with Crippen molar-refractivity contribution in [2.75, 3.05) is 17.3 Å². The largest absolute Gasteiger partial charge is 0.497 e. The fourth-order valence-corrected chi connectivity index (χ4v) is 7.87. The van der Waals surface area contributed by atoms with Crippen LogP contribution in [0.3, 0.4) is 0 Å². The molecule has 1 heterocycles. The predicted octanol–water partition coefficient (Wildman–Crippen LogP) is 5.90. The van der Waals surface area contributed by atoms with E-state index in [0.29, 0.717) is 11.4 Å². The highest BCUT2D eigenvalue weighted by Crippen LogP contribution is 2.77. The lowest BCUT2D eigenvalue weighted by atomic mass is 9.84. The van der Waals surface area contributed by atoms with Crippen molar-refractivity contribution in [2.24, 2.45) is 11.8 Å². The fourth-order valence-electron chi connectivity index (χ4n) is 4.94. The van der Waals surface area contributed by atoms with E-state index in [-0.39, 0.29) is 21.3 Å². The summed E-state index contributed by atoms with van der Waals surface area (Å²) < 4.78 is 3.15. The van der Waals surface area contributed by atoms with E-state index in [1.807, 2.05) is 0 Å². The number of anilines is 2. The maximum absolute atomic E-state index is 13.5. The normalized spacial score (nSPS) is 30.7. The molecule has 3 aliphatic rings. The number of benzene rings is 2. The molecular formula is C23H14Cl6N2O4. The summed E-state index contributed by atoms with van der Waals surface area (Å²) in [5.74, 6) is -3.81. The van der Waals surface area contributed by atoms with Gasteiger partial charge in [-0.25, -0.2) is 4.90 Å². The molecule has 35 heavy (non-hydrogen) atoms. The standard InChI is InChI=1S/C23H14Cl6N2O4/c1-35-13-7-3-5-11(9-13)30-18(32)10-4-2-6-12(8-10)31-19(33)14-15(20(31)34)22(27)17(25)16(24)21(14,26)23(22,28)29/h2-9,14-15H,1H3,(H,30,32)/t14-,15+,21-,22-/m1/s1. The molecule has 2 aromatic rings. The molecule has 182 valence electrons. The Kier molecular flexibility index (Phi) is 5.83. The van der Waals surface area contributed by atoms with Crippen molar-refractivity contribution >= 4 is 98.7 Å². The number of ether oxygens (including phenoxy) is 1. The number of carbonyl (C=O) groups is 3. The summed E-state index contributed by atoms with van der Waals surface area (Å²) in [4.78, 5) is 37.0. The highest BCUT2D eigenvalue weighted by atomic mass is 35.5. The van der Waals surface area contributed by atoms with Crippen molar-refractivity contribution in [3.8, 4) is 5.75 Å². The Bertz CT molecular complexity index is 1300. The first-order valence-electron chi connectivity index (χ1n) is 10.2. The number of hydrogen-bond donors (Lipinski definition) is 1. The number of amides is 3. The van der Waals surface area contributed by atoms with Gasteiger partial charge in [0.25, 0.3) is 5.91 Å². The SMILES string of the molecule is COc1cccc(NC(=O)c2cccc(N3C(=O)[C@@H]4[C@H](C3=O)[C@@]3(Cl)C(Cl)=C(Cl)[C@@]4(Cl)C3(Cl)Cl)c2)c1. The van der Waals surface area contributed by atoms with E-state index in [9.17, 15) is 14.4 Å². The van der Waals surface area contributed by atoms with Gasteiger partial charge in [0.2, 0.25) is 11.8 Å². The Morgan fingerprint density at radius 3 is 2.06 bits per heavy atom. The molecule has 0 aromatic heterocycles. The van der Waals surface area contributed by atoms with Crippen LogP contribution < -0.4 is 15.0 Å². The predicted molar refractivity (Wildman–Crippen MR) is 137 cm³/mol. The molecule has 1 N–H and O–H groups in total. The minimum absolute atomic E-state index is 0.148. The number of nitrogens with one attached hydrogen (secondary N) is 1. The van der Waals surface area contributed by atoms with Crippen molar-refractivity contribution in [2.45, 2.75) is 14.1 Å². The second kappa shape index (κ2) is 8.17. The average Bonchev–Trinajstić information content (AvgIpc) is 3.22. The summed E-state index contributed by atoms with van der Waals surface area (Å²) in [7, 11) is 1.51. The van der Waals surface area contributed by atoms with Crippen LogP contribution in [0.15, 0.2) is 58.6 Å². The summed E-state index contributed by atoms with van der Waals surface area (Å²) in [6, 6.07) is 12.8. The molecule has 12 heteroatoms. The van der Waals surface area contributed by atoms with Crippen LogP contribution in [0.4, 0.5) is 11.4 Å². The maximum atomic E-state index is 13.5. The van der Waals surface area contributed by atoms with Crippen LogP contribution in [-0.2, 0) is 9.59 Å². The van der Waals surface area contributed by atoms with Crippen molar-refractivity contribution in [1.82, 2.24) is 0 Å². The molecule has 1 saturated carbocycles. The van der Waals surface area contributed by atoms with Crippen molar-refractivity contribution < 1.29 is 19.1 Å². The summed E-state index contributed by atoms with van der Waals surface area (Å²) in [6.45, 7) is 0. The number of rotatable bonds is 4. The maximum Gasteiger partial charge on any atom is 0.255 e. The van der Waals surface area contributed by atoms with Crippen LogP contribution in [0.25, 0.3) is 0 Å². The van der Waals surface area contributed by atoms with Gasteiger partial charge in [-0.3, -0.25) is 14.4 Å². The zero-order valence-corrected chi connectivity index (χ0v) is 22.2. The van der Waals surface area contributed by atoms with Gasteiger partial charge in [-0.05, 0) is 30.3 Å². The fraction of sp³-hybridized carbons (Fsp3) is 0.261. The van der Waals surface area contributed by atoms with Gasteiger partial charge in [0.1, 0.15) is 15.5 Å². The number of allylic oxidation sites excluding steroid dienone is 2. The third-order valence-electron chi connectivity index (χ3n) is 6.60. The van der Waals surface area contributed by atoms with Gasteiger partial charge in [-0.2, -0.15) is 0 Å². The van der Waals surface area contributed by atoms with Gasteiger partial charge in [0, 0.05) is 17.3 Å². The summed E-state index contributed by atoms with van der Waals surface area (Å²) >= 11 is 39.1. The Morgan fingerprint density at radius 1 is 0.914 bits per heavy atom. The lowest BCUT2D eigenvalue weighted by molar-refractivity contribution is -0.123. The van der Waals surface area contributed by atoms with Crippen molar-refractivity contribution in [1.29, 1.82) is 0 Å². The van der Waals surface area contributed by atoms with E-state index in [1.165, 1.54) is 25.3 Å². The molecule has 2 aliphatic carbocycles. The Labute approximate surface area is 230 Å². The number of carbonyl (C=O) groups excluding carboxylic acids is 3. The van der Waals surface area contributed by atoms with Crippen molar-refractivity contribution in [3.05, 3.63) is 64.2 Å². The summed E-state index contributed by atoms with van der Waals surface area (Å²) in [5.41, 5.74) is 0.850. The van der Waals surface area contributed by atoms with Crippen LogP contribution in [0.2, 0.25) is 0 Å². The smallest absolute Gasteiger partial charge is 0.255 e. The van der Waals surface area contributed by atoms with Crippen LogP contribution in [0, 0.1) is 11.8 Å². The van der Waals surface area contributed by atoms with Gasteiger partial charge >= 0.3 is 0 Å². The molecule has 0 radical (unpaired) electrons. The lowest BCUT2D eigenvalue weighted by Gasteiger charge is -2.34. The zero-order chi connectivity index (χ0) is 25.5. The first-order valence-corrected chi connectivity index (χ1v) is 12.4. The second-order valence-corrected chi connectivity index (χ2v) is 11.6. The Balaban J connectivity index is 1.48. The first kappa shape index (κ1) is 25.0. The topological polar surface area (TPSA) is 75.7 Å². The monoisotopic (exact) mass is 592 g/mol. The molecule has 3 amide bonds. The average molecular weight is 595 g/mol. The van der Waals surface area contributed by atoms with E-state index in [0.717, 1.165) is 4.90 Å². The van der Waals surface area contributed by atoms with E-state index in [1.54, 1.807) is 30.3 Å². The molecule has 4 atom stereocenters. The number of alkyl halides is 4. The number of methoxy groups -OCH3 is 1. The third kappa shape index (κ3) is 3.08. The number of fused-ring (bicyclic) bond motifs is 5. The Morgan fingerprint density at radius 2 is 1.49 bits per heavy atom. The molecule has 2 bridgehead atoms. The van der Waals surface area contributed by atoms with Gasteiger partial charge in [-0.1, -0.05) is 58.5 Å². The molecule has 0 unspecified atom stereocenters. The second-order valence-electron chi connectivity index (χ2n) is 8.33. The molecule has 5 rings (SSSR count). The molecule has 2 aromatic carbocycles. The zero-order valence-electron chi connectivity index (χ0n) is 17.6. The van der Waals surface area contributed by atoms with Gasteiger partial charge < -0.3 is 10.1 Å². The van der Waals surface area contributed by atoms with E-state index < -0.39 is 43.6 Å². The van der Waals surface area contributed by atoms with E-state index >= 15 is 0 Å². The van der Waals surface area contributed by atoms with Crippen molar-refractivity contribution in [3.63, 3.8) is 0 Å². The molecular weight excluding hydrogens is 581 g/mol. The Hall–Kier alpha value is -1.67. The highest BCUT2D eigenvalue weighted by molar-refractivity contribution is 6.67. The number of nitrogens with zero attached hydrogens (tertiary/aromatic N) is 1. The summed E-state index contributed by atoms with van der Waals surface area (Å²) in [5, 5.41) is 2.41. The number of hydrogen-bond acceptors (Lipinski definition) is 4. The lowest BCUT2D eigenvalue weighted by Crippen LogP contribution is -2.50. The highest BCUT2D eigenvalue weighted by Gasteiger charge is 2.87. The molecule has 0 spiro atoms. The van der Waals surface area contributed by atoms with Crippen LogP contribution >= 0.6 is 69.6 Å². The molecule has 1 aliphatic heterocycles. The molecule has 6 nitrogen and oxygen atoms in total. The number of halogens is 6. The molecule has 1 saturated heterocycles. The van der Waals surface area contributed by atoms with E-state index in [2.05, 4.69) is 5.32 Å². The minimum atomic E-state index is -2.01. The van der Waals surface area contributed by atoms with Crippen LogP contribution in [-0.4, -0.2) is 38.9 Å². The summed E-state index contributed by atoms with van der Waals surface area (Å²) in [6.07, 6.45) is 0. The van der Waals surface area contributed by atoms with Gasteiger partial charge in [0.15, 0.2) is 4.33 Å².